The van der Waals surface area contributed by atoms with Crippen molar-refractivity contribution in [3.05, 3.63) is 71.3 Å². The molecular weight excluding hydrogens is 448 g/mol. The van der Waals surface area contributed by atoms with Crippen molar-refractivity contribution in [3.8, 4) is 5.75 Å². The van der Waals surface area contributed by atoms with Crippen LogP contribution in [0.1, 0.15) is 61.5 Å². The first kappa shape index (κ1) is 25.7. The number of rotatable bonds is 10. The molecule has 1 atom stereocenters. The molecule has 0 radical (unpaired) electrons. The summed E-state index contributed by atoms with van der Waals surface area (Å²) in [6.07, 6.45) is 3.35. The van der Waals surface area contributed by atoms with E-state index in [-0.39, 0.29) is 5.91 Å². The fourth-order valence-electron chi connectivity index (χ4n) is 4.81. The average Bonchev–Trinajstić information content (AvgIpc) is 3.34. The highest BCUT2D eigenvalue weighted by molar-refractivity contribution is 6.16. The lowest BCUT2D eigenvalue weighted by molar-refractivity contribution is 0.0952. The first-order chi connectivity index (χ1) is 17.4. The number of carbonyl (C=O) groups is 1. The molecule has 1 saturated heterocycles. The molecule has 0 saturated carbocycles. The van der Waals surface area contributed by atoms with Crippen LogP contribution >= 0.6 is 0 Å². The zero-order valence-corrected chi connectivity index (χ0v) is 21.6. The van der Waals surface area contributed by atoms with Crippen LogP contribution in [0.5, 0.6) is 5.75 Å². The summed E-state index contributed by atoms with van der Waals surface area (Å²) in [7, 11) is 0. The molecule has 4 N–H and O–H groups in total. The number of nitrogens with one attached hydrogen (secondary N) is 2. The second-order valence-corrected chi connectivity index (χ2v) is 10.1. The van der Waals surface area contributed by atoms with E-state index < -0.39 is 0 Å². The highest BCUT2D eigenvalue weighted by Crippen LogP contribution is 2.26. The molecule has 3 aromatic carbocycles. The molecule has 3 aromatic rings. The zero-order valence-electron chi connectivity index (χ0n) is 21.6. The Morgan fingerprint density at radius 3 is 2.64 bits per heavy atom. The lowest BCUT2D eigenvalue weighted by Crippen LogP contribution is -2.33. The number of nitrogen functional groups attached to an aromatic ring is 1. The molecule has 0 spiro atoms. The van der Waals surface area contributed by atoms with Crippen molar-refractivity contribution in [1.82, 2.24) is 10.2 Å². The van der Waals surface area contributed by atoms with Gasteiger partial charge in [0.1, 0.15) is 12.4 Å². The Hall–Kier alpha value is -3.38. The molecule has 36 heavy (non-hydrogen) atoms. The quantitative estimate of drug-likeness (QED) is 0.261. The molecule has 1 unspecified atom stereocenters. The number of benzene rings is 3. The second-order valence-electron chi connectivity index (χ2n) is 10.1. The summed E-state index contributed by atoms with van der Waals surface area (Å²) in [5.74, 6) is 1.25. The van der Waals surface area contributed by atoms with Crippen LogP contribution in [0.3, 0.4) is 0 Å². The summed E-state index contributed by atoms with van der Waals surface area (Å²) in [4.78, 5) is 15.1. The summed E-state index contributed by atoms with van der Waals surface area (Å²) in [5, 5.41) is 13.9. The zero-order chi connectivity index (χ0) is 25.7. The normalized spacial score (nSPS) is 15.9. The second kappa shape index (κ2) is 11.6. The third kappa shape index (κ3) is 6.05. The number of hydrogen-bond acceptors (Lipinski definition) is 5. The number of nitrogens with two attached hydrogens (primary N) is 1. The predicted molar refractivity (Wildman–Crippen MR) is 148 cm³/mol. The summed E-state index contributed by atoms with van der Waals surface area (Å²) in [6, 6.07) is 17.7. The lowest BCUT2D eigenvalue weighted by Gasteiger charge is -2.22. The summed E-state index contributed by atoms with van der Waals surface area (Å²) >= 11 is 0. The van der Waals surface area contributed by atoms with Crippen molar-refractivity contribution in [3.63, 3.8) is 0 Å². The monoisotopic (exact) mass is 486 g/mol. The number of nitrogens with zero attached hydrogens (tertiary/aromatic N) is 1. The van der Waals surface area contributed by atoms with Gasteiger partial charge in [0.2, 0.25) is 0 Å². The summed E-state index contributed by atoms with van der Waals surface area (Å²) < 4.78 is 6.13. The Morgan fingerprint density at radius 2 is 1.86 bits per heavy atom. The Bertz CT molecular complexity index is 1240. The summed E-state index contributed by atoms with van der Waals surface area (Å²) in [5.41, 5.74) is 8.82. The molecule has 1 amide bonds. The maximum absolute atomic E-state index is 12.6. The third-order valence-corrected chi connectivity index (χ3v) is 7.04. The van der Waals surface area contributed by atoms with Gasteiger partial charge in [0.25, 0.3) is 5.91 Å². The first-order valence-corrected chi connectivity index (χ1v) is 13.0. The number of fused-ring (bicyclic) bond motifs is 1. The molecule has 6 nitrogen and oxygen atoms in total. The van der Waals surface area contributed by atoms with Crippen LogP contribution in [0.4, 0.5) is 5.69 Å². The Labute approximate surface area is 214 Å². The van der Waals surface area contributed by atoms with Crippen molar-refractivity contribution in [1.29, 1.82) is 5.41 Å². The molecule has 190 valence electrons. The van der Waals surface area contributed by atoms with Crippen LogP contribution in [-0.2, 0) is 0 Å². The Morgan fingerprint density at radius 1 is 1.11 bits per heavy atom. The standard InChI is InChI=1S/C30H38N4O2/c1-4-34-15-5-6-25(34)19-36-26-11-9-21-16-23(8-7-22(21)17-26)29(32)27-18-24(10-12-28(27)31)30(35)33-14-13-20(2)3/h7-12,16-18,20,25,32H,4-6,13-15,19,31H2,1-3H3,(H,33,35). The van der Waals surface area contributed by atoms with Gasteiger partial charge in [-0.3, -0.25) is 15.1 Å². The molecule has 1 fully saturated rings. The highest BCUT2D eigenvalue weighted by atomic mass is 16.5. The minimum atomic E-state index is -0.143. The molecule has 4 rings (SSSR count). The van der Waals surface area contributed by atoms with Gasteiger partial charge >= 0.3 is 0 Å². The van der Waals surface area contributed by atoms with E-state index in [4.69, 9.17) is 15.9 Å². The molecule has 1 heterocycles. The molecule has 1 aliphatic heterocycles. The van der Waals surface area contributed by atoms with Gasteiger partial charge < -0.3 is 15.8 Å². The SMILES string of the molecule is CCN1CCCC1COc1ccc2cc(C(=N)c3cc(C(=O)NCCC(C)C)ccc3N)ccc2c1. The average molecular weight is 487 g/mol. The van der Waals surface area contributed by atoms with Gasteiger partial charge in [0, 0.05) is 35.0 Å². The molecule has 1 aliphatic rings. The number of amides is 1. The van der Waals surface area contributed by atoms with Gasteiger partial charge in [0.05, 0.1) is 5.71 Å². The Balaban J connectivity index is 1.47. The topological polar surface area (TPSA) is 91.4 Å². The maximum Gasteiger partial charge on any atom is 0.251 e. The van der Waals surface area contributed by atoms with Crippen LogP contribution in [0.15, 0.2) is 54.6 Å². The van der Waals surface area contributed by atoms with Gasteiger partial charge in [-0.15, -0.1) is 0 Å². The fourth-order valence-corrected chi connectivity index (χ4v) is 4.81. The smallest absolute Gasteiger partial charge is 0.251 e. The van der Waals surface area contributed by atoms with Crippen LogP contribution in [0.2, 0.25) is 0 Å². The molecule has 0 bridgehead atoms. The lowest BCUT2D eigenvalue weighted by atomic mass is 9.96. The first-order valence-electron chi connectivity index (χ1n) is 13.0. The van der Waals surface area contributed by atoms with Gasteiger partial charge in [-0.05, 0) is 85.4 Å². The largest absolute Gasteiger partial charge is 0.492 e. The van der Waals surface area contributed by atoms with E-state index in [1.165, 1.54) is 12.8 Å². The van der Waals surface area contributed by atoms with Crippen molar-refractivity contribution >= 4 is 28.1 Å². The number of likely N-dealkylation sites (tertiary alicyclic amines) is 1. The highest BCUT2D eigenvalue weighted by Gasteiger charge is 2.23. The predicted octanol–water partition coefficient (Wildman–Crippen LogP) is 5.48. The molecule has 0 aromatic heterocycles. The van der Waals surface area contributed by atoms with Gasteiger partial charge in [-0.1, -0.05) is 39.0 Å². The van der Waals surface area contributed by atoms with Crippen molar-refractivity contribution in [2.45, 2.75) is 46.1 Å². The van der Waals surface area contributed by atoms with Crippen molar-refractivity contribution in [2.24, 2.45) is 5.92 Å². The van der Waals surface area contributed by atoms with Gasteiger partial charge in [0.15, 0.2) is 0 Å². The molecular formula is C30H38N4O2. The molecule has 0 aliphatic carbocycles. The van der Waals surface area contributed by atoms with E-state index in [1.54, 1.807) is 18.2 Å². The number of hydrogen-bond donors (Lipinski definition) is 3. The maximum atomic E-state index is 12.6. The third-order valence-electron chi connectivity index (χ3n) is 7.04. The minimum Gasteiger partial charge on any atom is -0.492 e. The van der Waals surface area contributed by atoms with Crippen LogP contribution < -0.4 is 15.8 Å². The van der Waals surface area contributed by atoms with Crippen molar-refractivity contribution < 1.29 is 9.53 Å². The van der Waals surface area contributed by atoms with Gasteiger partial charge in [-0.2, -0.15) is 0 Å². The van der Waals surface area contributed by atoms with E-state index in [0.717, 1.165) is 41.6 Å². The van der Waals surface area contributed by atoms with E-state index >= 15 is 0 Å². The van der Waals surface area contributed by atoms with Crippen LogP contribution in [0, 0.1) is 11.3 Å². The number of carbonyl (C=O) groups excluding carboxylic acids is 1. The molecule has 6 heteroatoms. The van der Waals surface area contributed by atoms with E-state index in [2.05, 4.69) is 37.1 Å². The number of anilines is 1. The van der Waals surface area contributed by atoms with E-state index in [9.17, 15) is 4.79 Å². The number of ether oxygens (including phenoxy) is 1. The summed E-state index contributed by atoms with van der Waals surface area (Å²) in [6.45, 7) is 10.0. The van der Waals surface area contributed by atoms with Crippen LogP contribution in [0.25, 0.3) is 10.8 Å². The van der Waals surface area contributed by atoms with Crippen LogP contribution in [-0.4, -0.2) is 48.8 Å². The van der Waals surface area contributed by atoms with Gasteiger partial charge in [-0.25, -0.2) is 0 Å². The van der Waals surface area contributed by atoms with Crippen molar-refractivity contribution in [2.75, 3.05) is 32.0 Å². The Kier molecular flexibility index (Phi) is 8.26. The van der Waals surface area contributed by atoms with E-state index in [1.807, 2.05) is 30.3 Å². The minimum absolute atomic E-state index is 0.143. The van der Waals surface area contributed by atoms with E-state index in [0.29, 0.717) is 47.6 Å². The number of likely N-dealkylation sites (N-methyl/N-ethyl adjacent to an activating group) is 1. The fraction of sp³-hybridized carbons (Fsp3) is 0.400.